The fourth-order valence-corrected chi connectivity index (χ4v) is 2.80. The Morgan fingerprint density at radius 1 is 1.14 bits per heavy atom. The lowest BCUT2D eigenvalue weighted by Crippen LogP contribution is -2.41. The van der Waals surface area contributed by atoms with Gasteiger partial charge in [-0.15, -0.1) is 0 Å². The summed E-state index contributed by atoms with van der Waals surface area (Å²) in [7, 11) is -0.310. The zero-order chi connectivity index (χ0) is 15.8. The summed E-state index contributed by atoms with van der Waals surface area (Å²) in [6.45, 7) is 10.1. The van der Waals surface area contributed by atoms with E-state index in [2.05, 4.69) is 33.0 Å². The first-order valence-corrected chi connectivity index (χ1v) is 8.19. The second-order valence-electron chi connectivity index (χ2n) is 7.26. The van der Waals surface area contributed by atoms with Crippen molar-refractivity contribution in [2.45, 2.75) is 57.8 Å². The Morgan fingerprint density at radius 2 is 1.77 bits per heavy atom. The topological polar surface area (TPSA) is 39.7 Å². The summed E-state index contributed by atoms with van der Waals surface area (Å²) in [5.41, 5.74) is 0.423. The predicted octanol–water partition coefficient (Wildman–Crippen LogP) is 2.12. The van der Waals surface area contributed by atoms with Gasteiger partial charge in [-0.2, -0.15) is 0 Å². The number of hydrogen-bond donors (Lipinski definition) is 1. The molecular formula is C17H26BNO3. The van der Waals surface area contributed by atoms with Crippen molar-refractivity contribution >= 4 is 12.6 Å². The van der Waals surface area contributed by atoms with Crippen LogP contribution in [0, 0.1) is 0 Å². The lowest BCUT2D eigenvalue weighted by Gasteiger charge is -2.32. The SMILES string of the molecule is CC1(C)OB(c2ccc(OC[C@H]3CCCN3)cc2)OC1(C)C. The van der Waals surface area contributed by atoms with Crippen LogP contribution >= 0.6 is 0 Å². The fourth-order valence-electron chi connectivity index (χ4n) is 2.80. The molecule has 0 aromatic heterocycles. The van der Waals surface area contributed by atoms with Crippen molar-refractivity contribution in [3.05, 3.63) is 24.3 Å². The van der Waals surface area contributed by atoms with Crippen LogP contribution < -0.4 is 15.5 Å². The largest absolute Gasteiger partial charge is 0.494 e. The quantitative estimate of drug-likeness (QED) is 0.865. The highest BCUT2D eigenvalue weighted by Gasteiger charge is 2.51. The van der Waals surface area contributed by atoms with Crippen molar-refractivity contribution in [2.75, 3.05) is 13.2 Å². The molecule has 0 unspecified atom stereocenters. The summed E-state index contributed by atoms with van der Waals surface area (Å²) in [6.07, 6.45) is 2.45. The average Bonchev–Trinajstić information content (AvgIpc) is 3.04. The molecule has 120 valence electrons. The van der Waals surface area contributed by atoms with Gasteiger partial charge in [-0.05, 0) is 64.7 Å². The van der Waals surface area contributed by atoms with Crippen molar-refractivity contribution in [2.24, 2.45) is 0 Å². The van der Waals surface area contributed by atoms with Crippen molar-refractivity contribution in [3.63, 3.8) is 0 Å². The monoisotopic (exact) mass is 303 g/mol. The highest BCUT2D eigenvalue weighted by Crippen LogP contribution is 2.36. The van der Waals surface area contributed by atoms with Gasteiger partial charge in [0.1, 0.15) is 12.4 Å². The Kier molecular flexibility index (Phi) is 4.23. The molecule has 3 rings (SSSR count). The molecule has 5 heteroatoms. The third kappa shape index (κ3) is 3.17. The first-order chi connectivity index (χ1) is 10.4. The van der Waals surface area contributed by atoms with E-state index in [1.165, 1.54) is 12.8 Å². The maximum absolute atomic E-state index is 6.06. The highest BCUT2D eigenvalue weighted by molar-refractivity contribution is 6.62. The molecule has 1 atom stereocenters. The van der Waals surface area contributed by atoms with Gasteiger partial charge in [-0.3, -0.25) is 0 Å². The van der Waals surface area contributed by atoms with E-state index < -0.39 is 0 Å². The molecule has 22 heavy (non-hydrogen) atoms. The maximum Gasteiger partial charge on any atom is 0.494 e. The Labute approximate surface area is 133 Å². The van der Waals surface area contributed by atoms with Crippen LogP contribution in [0.25, 0.3) is 0 Å². The summed E-state index contributed by atoms with van der Waals surface area (Å²) in [4.78, 5) is 0. The normalized spacial score (nSPS) is 26.4. The zero-order valence-electron chi connectivity index (χ0n) is 14.0. The minimum Gasteiger partial charge on any atom is -0.492 e. The summed E-state index contributed by atoms with van der Waals surface area (Å²) in [5.74, 6) is 0.897. The maximum atomic E-state index is 6.06. The molecule has 4 nitrogen and oxygen atoms in total. The molecule has 0 saturated carbocycles. The molecule has 2 aliphatic heterocycles. The van der Waals surface area contributed by atoms with Crippen LogP contribution in [0.4, 0.5) is 0 Å². The van der Waals surface area contributed by atoms with Gasteiger partial charge < -0.3 is 19.4 Å². The van der Waals surface area contributed by atoms with E-state index in [0.29, 0.717) is 6.04 Å². The van der Waals surface area contributed by atoms with Gasteiger partial charge in [0.05, 0.1) is 11.2 Å². The predicted molar refractivity (Wildman–Crippen MR) is 88.7 cm³/mol. The van der Waals surface area contributed by atoms with E-state index in [1.54, 1.807) is 0 Å². The minimum atomic E-state index is -0.310. The highest BCUT2D eigenvalue weighted by atomic mass is 16.7. The number of benzene rings is 1. The average molecular weight is 303 g/mol. The van der Waals surface area contributed by atoms with Crippen LogP contribution in [0.15, 0.2) is 24.3 Å². The van der Waals surface area contributed by atoms with Crippen LogP contribution in [-0.4, -0.2) is 37.5 Å². The Hall–Kier alpha value is -1.04. The lowest BCUT2D eigenvalue weighted by molar-refractivity contribution is 0.00578. The summed E-state index contributed by atoms with van der Waals surface area (Å²) in [5, 5.41) is 3.44. The molecule has 1 aromatic rings. The second-order valence-corrected chi connectivity index (χ2v) is 7.26. The molecule has 0 radical (unpaired) electrons. The summed E-state index contributed by atoms with van der Waals surface area (Å²) in [6, 6.07) is 8.53. The molecule has 0 spiro atoms. The van der Waals surface area contributed by atoms with E-state index in [1.807, 2.05) is 24.3 Å². The van der Waals surface area contributed by atoms with Crippen molar-refractivity contribution in [1.82, 2.24) is 5.32 Å². The van der Waals surface area contributed by atoms with Crippen molar-refractivity contribution in [1.29, 1.82) is 0 Å². The molecule has 0 amide bonds. The van der Waals surface area contributed by atoms with Crippen LogP contribution in [0.3, 0.4) is 0 Å². The third-order valence-electron chi connectivity index (χ3n) is 5.02. The molecule has 0 bridgehead atoms. The molecule has 2 aliphatic rings. The smallest absolute Gasteiger partial charge is 0.492 e. The Morgan fingerprint density at radius 3 is 2.32 bits per heavy atom. The van der Waals surface area contributed by atoms with Crippen molar-refractivity contribution < 1.29 is 14.0 Å². The van der Waals surface area contributed by atoms with Gasteiger partial charge in [-0.1, -0.05) is 12.1 Å². The minimum absolute atomic E-state index is 0.305. The first-order valence-electron chi connectivity index (χ1n) is 8.19. The second kappa shape index (κ2) is 5.87. The van der Waals surface area contributed by atoms with E-state index >= 15 is 0 Å². The standard InChI is InChI=1S/C17H26BNO3/c1-16(2)17(3,4)22-18(21-16)13-7-9-15(10-8-13)20-12-14-6-5-11-19-14/h7-10,14,19H,5-6,11-12H2,1-4H3/t14-/m1/s1. The number of nitrogens with one attached hydrogen (secondary N) is 1. The Balaban J connectivity index is 1.60. The van der Waals surface area contributed by atoms with E-state index in [-0.39, 0.29) is 18.3 Å². The van der Waals surface area contributed by atoms with Crippen LogP contribution in [0.2, 0.25) is 0 Å². The zero-order valence-corrected chi connectivity index (χ0v) is 14.0. The molecule has 1 aromatic carbocycles. The van der Waals surface area contributed by atoms with Crippen molar-refractivity contribution in [3.8, 4) is 5.75 Å². The summed E-state index contributed by atoms with van der Waals surface area (Å²) >= 11 is 0. The van der Waals surface area contributed by atoms with E-state index in [0.717, 1.165) is 24.4 Å². The molecule has 2 heterocycles. The summed E-state index contributed by atoms with van der Waals surface area (Å²) < 4.78 is 18.0. The number of ether oxygens (including phenoxy) is 1. The Bertz CT molecular complexity index is 493. The molecule has 0 aliphatic carbocycles. The van der Waals surface area contributed by atoms with Crippen LogP contribution in [-0.2, 0) is 9.31 Å². The van der Waals surface area contributed by atoms with E-state index in [9.17, 15) is 0 Å². The number of hydrogen-bond acceptors (Lipinski definition) is 4. The van der Waals surface area contributed by atoms with Gasteiger partial charge in [0.25, 0.3) is 0 Å². The first kappa shape index (κ1) is 15.8. The molecule has 2 fully saturated rings. The van der Waals surface area contributed by atoms with Gasteiger partial charge >= 0.3 is 7.12 Å². The fraction of sp³-hybridized carbons (Fsp3) is 0.647. The van der Waals surface area contributed by atoms with Gasteiger partial charge in [0, 0.05) is 6.04 Å². The van der Waals surface area contributed by atoms with Crippen LogP contribution in [0.5, 0.6) is 5.75 Å². The molecule has 1 N–H and O–H groups in total. The van der Waals surface area contributed by atoms with E-state index in [4.69, 9.17) is 14.0 Å². The van der Waals surface area contributed by atoms with Gasteiger partial charge in [0.2, 0.25) is 0 Å². The lowest BCUT2D eigenvalue weighted by atomic mass is 9.79. The van der Waals surface area contributed by atoms with Gasteiger partial charge in [0.15, 0.2) is 0 Å². The number of rotatable bonds is 4. The molecule has 2 saturated heterocycles. The van der Waals surface area contributed by atoms with Gasteiger partial charge in [-0.25, -0.2) is 0 Å². The third-order valence-corrected chi connectivity index (χ3v) is 5.02. The molecular weight excluding hydrogens is 277 g/mol. The van der Waals surface area contributed by atoms with Crippen LogP contribution in [0.1, 0.15) is 40.5 Å².